The number of phenolic OH excluding ortho intramolecular Hbond substituents is 1. The van der Waals surface area contributed by atoms with Gasteiger partial charge in [-0.05, 0) is 30.5 Å². The molecule has 6 heteroatoms. The zero-order valence-corrected chi connectivity index (χ0v) is 10.9. The number of amides is 1. The van der Waals surface area contributed by atoms with Gasteiger partial charge in [0.2, 0.25) is 0 Å². The van der Waals surface area contributed by atoms with Crippen molar-refractivity contribution in [2.45, 2.75) is 12.8 Å². The fraction of sp³-hybridized carbons (Fsp3) is 0.385. The molecule has 2 N–H and O–H groups in total. The third-order valence-electron chi connectivity index (χ3n) is 3.22. The minimum absolute atomic E-state index is 0.0162. The van der Waals surface area contributed by atoms with Gasteiger partial charge in [0.15, 0.2) is 0 Å². The fourth-order valence-corrected chi connectivity index (χ4v) is 2.48. The van der Waals surface area contributed by atoms with Crippen molar-refractivity contribution in [2.24, 2.45) is 5.92 Å². The van der Waals surface area contributed by atoms with Crippen LogP contribution in [0, 0.1) is 5.92 Å². The highest BCUT2D eigenvalue weighted by molar-refractivity contribution is 6.33. The maximum atomic E-state index is 12.2. The Morgan fingerprint density at radius 1 is 1.42 bits per heavy atom. The number of halogens is 1. The first kappa shape index (κ1) is 13.7. The molecule has 0 spiro atoms. The highest BCUT2D eigenvalue weighted by Crippen LogP contribution is 2.26. The standard InChI is InChI=1S/C13H14ClNO4/c14-11-2-1-9(16)6-10(11)13(19)15-4-3-8(7-15)5-12(17)18/h1-2,6,8,16H,3-5,7H2,(H,17,18). The molecule has 5 nitrogen and oxygen atoms in total. The van der Waals surface area contributed by atoms with Crippen LogP contribution in [0.2, 0.25) is 5.02 Å². The number of carboxylic acids is 1. The van der Waals surface area contributed by atoms with E-state index in [-0.39, 0.29) is 34.6 Å². The Labute approximate surface area is 115 Å². The maximum Gasteiger partial charge on any atom is 0.303 e. The molecule has 1 aromatic rings. The Bertz CT molecular complexity index is 517. The summed E-state index contributed by atoms with van der Waals surface area (Å²) in [6, 6.07) is 4.21. The average Bonchev–Trinajstić information content (AvgIpc) is 2.79. The molecule has 1 fully saturated rings. The van der Waals surface area contributed by atoms with Gasteiger partial charge in [0.05, 0.1) is 10.6 Å². The van der Waals surface area contributed by atoms with Gasteiger partial charge >= 0.3 is 5.97 Å². The monoisotopic (exact) mass is 283 g/mol. The molecular formula is C13H14ClNO4. The second-order valence-electron chi connectivity index (χ2n) is 4.67. The van der Waals surface area contributed by atoms with Crippen LogP contribution in [0.3, 0.4) is 0 Å². The lowest BCUT2D eigenvalue weighted by Gasteiger charge is -2.17. The third-order valence-corrected chi connectivity index (χ3v) is 3.55. The SMILES string of the molecule is O=C(O)CC1CCN(C(=O)c2cc(O)ccc2Cl)C1. The van der Waals surface area contributed by atoms with Gasteiger partial charge in [-0.2, -0.15) is 0 Å². The summed E-state index contributed by atoms with van der Waals surface area (Å²) in [4.78, 5) is 24.5. The van der Waals surface area contributed by atoms with Crippen molar-refractivity contribution < 1.29 is 19.8 Å². The predicted molar refractivity (Wildman–Crippen MR) is 69.4 cm³/mol. The summed E-state index contributed by atoms with van der Waals surface area (Å²) >= 11 is 5.94. The van der Waals surface area contributed by atoms with E-state index < -0.39 is 5.97 Å². The molecule has 2 rings (SSSR count). The number of phenols is 1. The number of aromatic hydroxyl groups is 1. The Morgan fingerprint density at radius 2 is 2.16 bits per heavy atom. The lowest BCUT2D eigenvalue weighted by molar-refractivity contribution is -0.138. The van der Waals surface area contributed by atoms with Gasteiger partial charge in [-0.3, -0.25) is 9.59 Å². The van der Waals surface area contributed by atoms with Crippen LogP contribution in [0.4, 0.5) is 0 Å². The second-order valence-corrected chi connectivity index (χ2v) is 5.08. The Kier molecular flexibility index (Phi) is 3.95. The number of rotatable bonds is 3. The first-order chi connectivity index (χ1) is 8.97. The van der Waals surface area contributed by atoms with Crippen LogP contribution in [0.1, 0.15) is 23.2 Å². The fourth-order valence-electron chi connectivity index (χ4n) is 2.28. The zero-order chi connectivity index (χ0) is 14.0. The second kappa shape index (κ2) is 5.48. The molecule has 1 aliphatic heterocycles. The van der Waals surface area contributed by atoms with Crippen molar-refractivity contribution in [3.63, 3.8) is 0 Å². The number of carbonyl (C=O) groups excluding carboxylic acids is 1. The maximum absolute atomic E-state index is 12.2. The Hall–Kier alpha value is -1.75. The van der Waals surface area contributed by atoms with E-state index in [0.717, 1.165) is 0 Å². The quantitative estimate of drug-likeness (QED) is 0.889. The van der Waals surface area contributed by atoms with Crippen LogP contribution in [0.25, 0.3) is 0 Å². The molecular weight excluding hydrogens is 270 g/mol. The van der Waals surface area contributed by atoms with E-state index >= 15 is 0 Å². The van der Waals surface area contributed by atoms with Crippen LogP contribution < -0.4 is 0 Å². The highest BCUT2D eigenvalue weighted by atomic mass is 35.5. The van der Waals surface area contributed by atoms with Gasteiger partial charge < -0.3 is 15.1 Å². The summed E-state index contributed by atoms with van der Waals surface area (Å²) in [6.07, 6.45) is 0.742. The first-order valence-corrected chi connectivity index (χ1v) is 6.34. The van der Waals surface area contributed by atoms with E-state index in [0.29, 0.717) is 19.5 Å². The molecule has 0 aliphatic carbocycles. The molecule has 1 unspecified atom stereocenters. The van der Waals surface area contributed by atoms with E-state index in [1.165, 1.54) is 18.2 Å². The zero-order valence-electron chi connectivity index (χ0n) is 10.2. The van der Waals surface area contributed by atoms with E-state index in [1.807, 2.05) is 0 Å². The number of aliphatic carboxylic acids is 1. The number of carboxylic acid groups (broad SMARTS) is 1. The first-order valence-electron chi connectivity index (χ1n) is 5.97. The molecule has 0 radical (unpaired) electrons. The molecule has 1 amide bonds. The molecule has 1 heterocycles. The minimum Gasteiger partial charge on any atom is -0.508 e. The van der Waals surface area contributed by atoms with E-state index in [4.69, 9.17) is 16.7 Å². The van der Waals surface area contributed by atoms with Crippen molar-refractivity contribution in [1.82, 2.24) is 4.90 Å². The molecule has 1 aromatic carbocycles. The molecule has 1 saturated heterocycles. The van der Waals surface area contributed by atoms with Crippen molar-refractivity contribution in [2.75, 3.05) is 13.1 Å². The highest BCUT2D eigenvalue weighted by Gasteiger charge is 2.29. The van der Waals surface area contributed by atoms with Gasteiger partial charge in [0.1, 0.15) is 5.75 Å². The Balaban J connectivity index is 2.09. The smallest absolute Gasteiger partial charge is 0.303 e. The van der Waals surface area contributed by atoms with E-state index in [9.17, 15) is 14.7 Å². The topological polar surface area (TPSA) is 77.8 Å². The van der Waals surface area contributed by atoms with Crippen LogP contribution in [-0.2, 0) is 4.79 Å². The van der Waals surface area contributed by atoms with Crippen molar-refractivity contribution in [1.29, 1.82) is 0 Å². The third kappa shape index (κ3) is 3.17. The van der Waals surface area contributed by atoms with Crippen molar-refractivity contribution >= 4 is 23.5 Å². The van der Waals surface area contributed by atoms with Crippen LogP contribution in [0.15, 0.2) is 18.2 Å². The van der Waals surface area contributed by atoms with Crippen molar-refractivity contribution in [3.8, 4) is 5.75 Å². The molecule has 0 bridgehead atoms. The molecule has 1 atom stereocenters. The van der Waals surface area contributed by atoms with Gasteiger partial charge in [-0.15, -0.1) is 0 Å². The van der Waals surface area contributed by atoms with Crippen LogP contribution in [-0.4, -0.2) is 40.1 Å². The lowest BCUT2D eigenvalue weighted by Crippen LogP contribution is -2.29. The molecule has 0 aromatic heterocycles. The number of likely N-dealkylation sites (tertiary alicyclic amines) is 1. The largest absolute Gasteiger partial charge is 0.508 e. The number of hydrogen-bond acceptors (Lipinski definition) is 3. The normalized spacial score (nSPS) is 18.6. The lowest BCUT2D eigenvalue weighted by atomic mass is 10.1. The van der Waals surface area contributed by atoms with Crippen molar-refractivity contribution in [3.05, 3.63) is 28.8 Å². The predicted octanol–water partition coefficient (Wildman–Crippen LogP) is 1.98. The summed E-state index contributed by atoms with van der Waals surface area (Å²) in [7, 11) is 0. The van der Waals surface area contributed by atoms with Gasteiger partial charge in [0, 0.05) is 19.5 Å². The average molecular weight is 284 g/mol. The summed E-state index contributed by atoms with van der Waals surface area (Å²) in [5.74, 6) is -1.16. The van der Waals surface area contributed by atoms with Gasteiger partial charge in [0.25, 0.3) is 5.91 Å². The number of hydrogen-bond donors (Lipinski definition) is 2. The summed E-state index contributed by atoms with van der Waals surface area (Å²) in [5, 5.41) is 18.4. The summed E-state index contributed by atoms with van der Waals surface area (Å²) < 4.78 is 0. The summed E-state index contributed by atoms with van der Waals surface area (Å²) in [6.45, 7) is 0.930. The molecule has 102 valence electrons. The number of nitrogens with zero attached hydrogens (tertiary/aromatic N) is 1. The molecule has 1 aliphatic rings. The van der Waals surface area contributed by atoms with E-state index in [2.05, 4.69) is 0 Å². The molecule has 19 heavy (non-hydrogen) atoms. The van der Waals surface area contributed by atoms with Crippen LogP contribution >= 0.6 is 11.6 Å². The van der Waals surface area contributed by atoms with Gasteiger partial charge in [-0.1, -0.05) is 11.6 Å². The van der Waals surface area contributed by atoms with Crippen LogP contribution in [0.5, 0.6) is 5.75 Å². The van der Waals surface area contributed by atoms with E-state index in [1.54, 1.807) is 4.90 Å². The van der Waals surface area contributed by atoms with Gasteiger partial charge in [-0.25, -0.2) is 0 Å². The molecule has 0 saturated carbocycles. The minimum atomic E-state index is -0.852. The summed E-state index contributed by atoms with van der Waals surface area (Å²) in [5.41, 5.74) is 0.248. The number of carbonyl (C=O) groups is 2. The Morgan fingerprint density at radius 3 is 2.84 bits per heavy atom. The number of benzene rings is 1.